The molecule has 0 aliphatic heterocycles. The Morgan fingerprint density at radius 3 is 1.79 bits per heavy atom. The van der Waals surface area contributed by atoms with Gasteiger partial charge in [-0.05, 0) is 29.7 Å². The van der Waals surface area contributed by atoms with Gasteiger partial charge in [0.2, 0.25) is 17.7 Å². The number of hydrogen-bond acceptors (Lipinski definition) is 8. The van der Waals surface area contributed by atoms with Crippen LogP contribution in [-0.2, 0) is 36.8 Å². The van der Waals surface area contributed by atoms with Crippen molar-refractivity contribution < 1.29 is 44.4 Å². The van der Waals surface area contributed by atoms with E-state index in [-0.39, 0.29) is 18.6 Å². The summed E-state index contributed by atoms with van der Waals surface area (Å²) in [7, 11) is 0. The highest BCUT2D eigenvalue weighted by atomic mass is 16.4. The van der Waals surface area contributed by atoms with Gasteiger partial charge in [0.15, 0.2) is 0 Å². The monoisotopic (exact) mass is 530 g/mol. The summed E-state index contributed by atoms with van der Waals surface area (Å²) < 4.78 is 0. The number of aliphatic hydroxyl groups excluding tert-OH is 1. The van der Waals surface area contributed by atoms with Gasteiger partial charge < -0.3 is 42.1 Å². The number of carbonyl (C=O) groups excluding carboxylic acids is 3. The number of aliphatic hydroxyl groups is 1. The molecule has 0 saturated heterocycles. The molecule has 0 aliphatic rings. The first-order valence-electron chi connectivity index (χ1n) is 11.5. The second-order valence-corrected chi connectivity index (χ2v) is 8.47. The Hall–Kier alpha value is -4.49. The van der Waals surface area contributed by atoms with E-state index in [1.54, 1.807) is 30.3 Å². The van der Waals surface area contributed by atoms with Crippen LogP contribution in [0.15, 0.2) is 54.6 Å². The van der Waals surface area contributed by atoms with E-state index in [9.17, 15) is 39.3 Å². The zero-order valence-corrected chi connectivity index (χ0v) is 20.2. The van der Waals surface area contributed by atoms with Crippen molar-refractivity contribution >= 4 is 29.7 Å². The van der Waals surface area contributed by atoms with E-state index in [4.69, 9.17) is 10.8 Å². The molecule has 9 N–H and O–H groups in total. The molecule has 204 valence electrons. The SMILES string of the molecule is NC(Cc1ccccc1)C(=O)NC(CC(=O)O)C(=O)NC(Cc1ccc(O)cc1)C(=O)NC(CO)C(=O)O. The first-order chi connectivity index (χ1) is 18.0. The molecule has 0 spiro atoms. The molecular formula is C25H30N4O9. The highest BCUT2D eigenvalue weighted by Crippen LogP contribution is 2.12. The molecule has 4 atom stereocenters. The van der Waals surface area contributed by atoms with Crippen LogP contribution >= 0.6 is 0 Å². The van der Waals surface area contributed by atoms with E-state index in [0.717, 1.165) is 5.56 Å². The highest BCUT2D eigenvalue weighted by Gasteiger charge is 2.31. The van der Waals surface area contributed by atoms with E-state index in [1.165, 1.54) is 24.3 Å². The molecule has 13 nitrogen and oxygen atoms in total. The molecule has 2 aromatic rings. The zero-order valence-electron chi connectivity index (χ0n) is 20.2. The number of aliphatic carboxylic acids is 2. The molecule has 0 heterocycles. The third-order valence-corrected chi connectivity index (χ3v) is 5.45. The second kappa shape index (κ2) is 14.3. The maximum atomic E-state index is 13.0. The maximum Gasteiger partial charge on any atom is 0.328 e. The number of aromatic hydroxyl groups is 1. The lowest BCUT2D eigenvalue weighted by Gasteiger charge is -2.24. The van der Waals surface area contributed by atoms with Gasteiger partial charge in [0, 0.05) is 6.42 Å². The van der Waals surface area contributed by atoms with Gasteiger partial charge in [-0.25, -0.2) is 4.79 Å². The van der Waals surface area contributed by atoms with Gasteiger partial charge in [-0.3, -0.25) is 19.2 Å². The molecule has 0 aliphatic carbocycles. The quantitative estimate of drug-likeness (QED) is 0.141. The summed E-state index contributed by atoms with van der Waals surface area (Å²) in [5.41, 5.74) is 7.14. The largest absolute Gasteiger partial charge is 0.508 e. The summed E-state index contributed by atoms with van der Waals surface area (Å²) in [6, 6.07) is 8.59. The Morgan fingerprint density at radius 2 is 1.24 bits per heavy atom. The van der Waals surface area contributed by atoms with E-state index in [0.29, 0.717) is 5.56 Å². The minimum Gasteiger partial charge on any atom is -0.508 e. The van der Waals surface area contributed by atoms with Crippen LogP contribution in [0.3, 0.4) is 0 Å². The molecule has 13 heteroatoms. The van der Waals surface area contributed by atoms with Crippen LogP contribution < -0.4 is 21.7 Å². The van der Waals surface area contributed by atoms with Gasteiger partial charge in [0.05, 0.1) is 19.1 Å². The lowest BCUT2D eigenvalue weighted by atomic mass is 10.0. The number of phenolic OH excluding ortho intramolecular Hbond substituents is 1. The summed E-state index contributed by atoms with van der Waals surface area (Å²) in [6.45, 7) is -0.919. The number of amides is 3. The smallest absolute Gasteiger partial charge is 0.328 e. The van der Waals surface area contributed by atoms with E-state index >= 15 is 0 Å². The predicted octanol–water partition coefficient (Wildman–Crippen LogP) is -1.49. The van der Waals surface area contributed by atoms with Crippen molar-refractivity contribution in [1.29, 1.82) is 0 Å². The zero-order chi connectivity index (χ0) is 28.2. The van der Waals surface area contributed by atoms with Crippen LogP contribution in [0.25, 0.3) is 0 Å². The molecule has 0 radical (unpaired) electrons. The van der Waals surface area contributed by atoms with Gasteiger partial charge in [-0.1, -0.05) is 42.5 Å². The molecule has 0 aromatic heterocycles. The van der Waals surface area contributed by atoms with Crippen molar-refractivity contribution in [2.24, 2.45) is 5.73 Å². The Bertz CT molecular complexity index is 1130. The number of benzene rings is 2. The van der Waals surface area contributed by atoms with Crippen LogP contribution in [0.4, 0.5) is 0 Å². The summed E-state index contributed by atoms with van der Waals surface area (Å²) in [5, 5.41) is 43.9. The molecule has 3 amide bonds. The Balaban J connectivity index is 2.20. The van der Waals surface area contributed by atoms with Crippen molar-refractivity contribution in [3.63, 3.8) is 0 Å². The number of hydrogen-bond donors (Lipinski definition) is 8. The number of carboxylic acids is 2. The Labute approximate surface area is 217 Å². The first kappa shape index (κ1) is 29.7. The van der Waals surface area contributed by atoms with E-state index < -0.39 is 66.9 Å². The number of phenols is 1. The van der Waals surface area contributed by atoms with Gasteiger partial charge in [0.1, 0.15) is 23.9 Å². The van der Waals surface area contributed by atoms with Crippen molar-refractivity contribution in [2.45, 2.75) is 43.4 Å². The molecule has 38 heavy (non-hydrogen) atoms. The third-order valence-electron chi connectivity index (χ3n) is 5.45. The summed E-state index contributed by atoms with van der Waals surface area (Å²) >= 11 is 0. The van der Waals surface area contributed by atoms with Crippen LogP contribution in [0.2, 0.25) is 0 Å². The first-order valence-corrected chi connectivity index (χ1v) is 11.5. The fraction of sp³-hybridized carbons (Fsp3) is 0.320. The van der Waals surface area contributed by atoms with Crippen LogP contribution in [0.1, 0.15) is 17.5 Å². The minimum absolute atomic E-state index is 0.0546. The average Bonchev–Trinajstić information content (AvgIpc) is 2.87. The average molecular weight is 531 g/mol. The Morgan fingerprint density at radius 1 is 0.711 bits per heavy atom. The topological polar surface area (TPSA) is 228 Å². The highest BCUT2D eigenvalue weighted by molar-refractivity contribution is 5.95. The molecule has 0 bridgehead atoms. The lowest BCUT2D eigenvalue weighted by molar-refractivity contribution is -0.144. The number of carbonyl (C=O) groups is 5. The van der Waals surface area contributed by atoms with Crippen molar-refractivity contribution in [3.05, 3.63) is 65.7 Å². The molecule has 2 rings (SSSR count). The fourth-order valence-electron chi connectivity index (χ4n) is 3.43. The van der Waals surface area contributed by atoms with Crippen LogP contribution in [-0.4, -0.2) is 80.9 Å². The normalized spacial score (nSPS) is 13.8. The van der Waals surface area contributed by atoms with Crippen LogP contribution in [0.5, 0.6) is 5.75 Å². The Kier molecular flexibility index (Phi) is 11.2. The minimum atomic E-state index is -1.66. The second-order valence-electron chi connectivity index (χ2n) is 8.47. The third kappa shape index (κ3) is 9.52. The van der Waals surface area contributed by atoms with E-state index in [1.807, 2.05) is 0 Å². The van der Waals surface area contributed by atoms with Gasteiger partial charge in [-0.2, -0.15) is 0 Å². The molecule has 2 aromatic carbocycles. The summed E-state index contributed by atoms with van der Waals surface area (Å²) in [4.78, 5) is 61.1. The molecule has 4 unspecified atom stereocenters. The summed E-state index contributed by atoms with van der Waals surface area (Å²) in [6.07, 6.45) is -0.883. The van der Waals surface area contributed by atoms with Crippen molar-refractivity contribution in [2.75, 3.05) is 6.61 Å². The predicted molar refractivity (Wildman–Crippen MR) is 133 cm³/mol. The number of nitrogens with two attached hydrogens (primary N) is 1. The lowest BCUT2D eigenvalue weighted by Crippen LogP contribution is -2.58. The number of carboxylic acid groups (broad SMARTS) is 2. The van der Waals surface area contributed by atoms with Gasteiger partial charge in [-0.15, -0.1) is 0 Å². The van der Waals surface area contributed by atoms with E-state index in [2.05, 4.69) is 16.0 Å². The molecule has 0 fully saturated rings. The van der Waals surface area contributed by atoms with Crippen LogP contribution in [0, 0.1) is 0 Å². The van der Waals surface area contributed by atoms with Crippen molar-refractivity contribution in [1.82, 2.24) is 16.0 Å². The van der Waals surface area contributed by atoms with Gasteiger partial charge >= 0.3 is 11.9 Å². The maximum absolute atomic E-state index is 13.0. The molecule has 0 saturated carbocycles. The molecular weight excluding hydrogens is 500 g/mol. The summed E-state index contributed by atoms with van der Waals surface area (Å²) in [5.74, 6) is -5.77. The number of rotatable bonds is 14. The fourth-order valence-corrected chi connectivity index (χ4v) is 3.43. The van der Waals surface area contributed by atoms with Crippen molar-refractivity contribution in [3.8, 4) is 5.75 Å². The standard InChI is InChI=1S/C25H30N4O9/c26-17(10-14-4-2-1-3-5-14)22(34)27-19(12-21(32)33)24(36)28-18(11-15-6-8-16(31)9-7-15)23(35)29-20(13-30)25(37)38/h1-9,17-20,30-31H,10-13,26H2,(H,27,34)(H,28,36)(H,29,35)(H,32,33)(H,37,38). The number of nitrogens with one attached hydrogen (secondary N) is 3. The van der Waals surface area contributed by atoms with Gasteiger partial charge in [0.25, 0.3) is 0 Å².